The summed E-state index contributed by atoms with van der Waals surface area (Å²) >= 11 is 3.11. The monoisotopic (exact) mass is 352 g/mol. The Morgan fingerprint density at radius 2 is 2.10 bits per heavy atom. The van der Waals surface area contributed by atoms with Crippen LogP contribution in [0, 0.1) is 5.82 Å². The van der Waals surface area contributed by atoms with Gasteiger partial charge in [-0.15, -0.1) is 0 Å². The molecule has 1 amide bonds. The summed E-state index contributed by atoms with van der Waals surface area (Å²) < 4.78 is 18.8. The Morgan fingerprint density at radius 3 is 2.76 bits per heavy atom. The molecule has 0 aliphatic rings. The molecule has 1 N–H and O–H groups in total. The molecule has 0 aliphatic carbocycles. The van der Waals surface area contributed by atoms with Crippen molar-refractivity contribution in [2.75, 3.05) is 11.9 Å². The normalized spacial score (nSPS) is 10.0. The molecule has 0 fully saturated rings. The number of aromatic nitrogens is 1. The second-order valence-corrected chi connectivity index (χ2v) is 4.88. The first-order valence-electron chi connectivity index (χ1n) is 5.89. The third-order valence-corrected chi connectivity index (χ3v) is 2.91. The molecule has 5 nitrogen and oxygen atoms in total. The Kier molecular flexibility index (Phi) is 4.99. The number of carbonyl (C=O) groups is 2. The van der Waals surface area contributed by atoms with Gasteiger partial charge in [-0.1, -0.05) is 22.0 Å². The standard InChI is InChI=1S/C14H10BrFN2O3/c15-9-4-5-11(10(16)7-9)18-13(19)8-21-14(20)12-3-1-2-6-17-12/h1-7H,8H2,(H,18,19). The highest BCUT2D eigenvalue weighted by Gasteiger charge is 2.12. The number of hydrogen-bond donors (Lipinski definition) is 1. The minimum absolute atomic E-state index is 0.0112. The van der Waals surface area contributed by atoms with Crippen molar-refractivity contribution in [3.05, 3.63) is 58.6 Å². The Hall–Kier alpha value is -2.28. The lowest BCUT2D eigenvalue weighted by Gasteiger charge is -2.07. The first-order valence-corrected chi connectivity index (χ1v) is 6.68. The minimum Gasteiger partial charge on any atom is -0.451 e. The first kappa shape index (κ1) is 15.1. The van der Waals surface area contributed by atoms with Crippen LogP contribution in [0.3, 0.4) is 0 Å². The van der Waals surface area contributed by atoms with Gasteiger partial charge in [-0.2, -0.15) is 0 Å². The van der Waals surface area contributed by atoms with Gasteiger partial charge in [0.05, 0.1) is 5.69 Å². The number of hydrogen-bond acceptors (Lipinski definition) is 4. The topological polar surface area (TPSA) is 68.3 Å². The number of rotatable bonds is 4. The fourth-order valence-electron chi connectivity index (χ4n) is 1.47. The molecule has 1 aromatic heterocycles. The van der Waals surface area contributed by atoms with E-state index in [-0.39, 0.29) is 11.4 Å². The van der Waals surface area contributed by atoms with Crippen LogP contribution in [0.5, 0.6) is 0 Å². The van der Waals surface area contributed by atoms with Crippen molar-refractivity contribution < 1.29 is 18.7 Å². The Bertz CT molecular complexity index is 665. The molecule has 0 saturated heterocycles. The molecular weight excluding hydrogens is 343 g/mol. The first-order chi connectivity index (χ1) is 10.1. The molecule has 0 atom stereocenters. The number of esters is 1. The lowest BCUT2D eigenvalue weighted by Crippen LogP contribution is -2.21. The predicted octanol–water partition coefficient (Wildman–Crippen LogP) is 2.78. The zero-order chi connectivity index (χ0) is 15.2. The van der Waals surface area contributed by atoms with E-state index in [4.69, 9.17) is 4.74 Å². The van der Waals surface area contributed by atoms with Gasteiger partial charge in [-0.25, -0.2) is 14.2 Å². The Morgan fingerprint density at radius 1 is 1.29 bits per heavy atom. The summed E-state index contributed by atoms with van der Waals surface area (Å²) in [6, 6.07) is 8.95. The van der Waals surface area contributed by atoms with E-state index in [1.807, 2.05) is 0 Å². The molecule has 7 heteroatoms. The van der Waals surface area contributed by atoms with Crippen molar-refractivity contribution in [2.24, 2.45) is 0 Å². The van der Waals surface area contributed by atoms with Crippen LogP contribution in [0.25, 0.3) is 0 Å². The number of anilines is 1. The molecule has 0 unspecified atom stereocenters. The van der Waals surface area contributed by atoms with E-state index in [9.17, 15) is 14.0 Å². The zero-order valence-electron chi connectivity index (χ0n) is 10.7. The van der Waals surface area contributed by atoms with Crippen LogP contribution < -0.4 is 5.32 Å². The predicted molar refractivity (Wildman–Crippen MR) is 77.2 cm³/mol. The van der Waals surface area contributed by atoms with E-state index >= 15 is 0 Å². The molecule has 0 saturated carbocycles. The molecule has 1 heterocycles. The molecular formula is C14H10BrFN2O3. The third-order valence-electron chi connectivity index (χ3n) is 2.41. The van der Waals surface area contributed by atoms with Gasteiger partial charge in [0.2, 0.25) is 0 Å². The third kappa shape index (κ3) is 4.35. The van der Waals surface area contributed by atoms with Crippen LogP contribution in [-0.2, 0) is 9.53 Å². The van der Waals surface area contributed by atoms with Crippen molar-refractivity contribution in [2.45, 2.75) is 0 Å². The second-order valence-electron chi connectivity index (χ2n) is 3.96. The highest BCUT2D eigenvalue weighted by atomic mass is 79.9. The summed E-state index contributed by atoms with van der Waals surface area (Å²) in [5.74, 6) is -1.95. The molecule has 0 spiro atoms. The van der Waals surface area contributed by atoms with Gasteiger partial charge in [-0.3, -0.25) is 4.79 Å². The quantitative estimate of drug-likeness (QED) is 0.859. The summed E-state index contributed by atoms with van der Waals surface area (Å²) in [4.78, 5) is 27.0. The van der Waals surface area contributed by atoms with Gasteiger partial charge < -0.3 is 10.1 Å². The summed E-state index contributed by atoms with van der Waals surface area (Å²) in [5, 5.41) is 2.31. The molecule has 2 rings (SSSR count). The lowest BCUT2D eigenvalue weighted by atomic mass is 10.3. The molecule has 0 bridgehead atoms. The minimum atomic E-state index is -0.720. The largest absolute Gasteiger partial charge is 0.451 e. The number of amides is 1. The van der Waals surface area contributed by atoms with E-state index < -0.39 is 24.3 Å². The van der Waals surface area contributed by atoms with E-state index in [1.54, 1.807) is 18.2 Å². The maximum atomic E-state index is 13.5. The summed E-state index contributed by atoms with van der Waals surface area (Å²) in [5.41, 5.74) is 0.109. The average Bonchev–Trinajstić information content (AvgIpc) is 2.48. The van der Waals surface area contributed by atoms with Crippen molar-refractivity contribution in [1.29, 1.82) is 0 Å². The lowest BCUT2D eigenvalue weighted by molar-refractivity contribution is -0.119. The number of halogens is 2. The van der Waals surface area contributed by atoms with Crippen molar-refractivity contribution in [3.63, 3.8) is 0 Å². The summed E-state index contributed by atoms with van der Waals surface area (Å²) in [7, 11) is 0. The fourth-order valence-corrected chi connectivity index (χ4v) is 1.80. The van der Waals surface area contributed by atoms with E-state index in [2.05, 4.69) is 26.2 Å². The van der Waals surface area contributed by atoms with Gasteiger partial charge in [0.1, 0.15) is 11.5 Å². The highest BCUT2D eigenvalue weighted by molar-refractivity contribution is 9.10. The maximum absolute atomic E-state index is 13.5. The Labute approximate surface area is 128 Å². The second kappa shape index (κ2) is 6.94. The van der Waals surface area contributed by atoms with Crippen molar-refractivity contribution in [1.82, 2.24) is 4.98 Å². The van der Waals surface area contributed by atoms with Crippen LogP contribution in [0.4, 0.5) is 10.1 Å². The Balaban J connectivity index is 1.89. The number of ether oxygens (including phenoxy) is 1. The fraction of sp³-hybridized carbons (Fsp3) is 0.0714. The molecule has 0 radical (unpaired) electrons. The van der Waals surface area contributed by atoms with Crippen molar-refractivity contribution >= 4 is 33.5 Å². The average molecular weight is 353 g/mol. The maximum Gasteiger partial charge on any atom is 0.357 e. The van der Waals surface area contributed by atoms with Gasteiger partial charge >= 0.3 is 5.97 Å². The summed E-state index contributed by atoms with van der Waals surface area (Å²) in [6.45, 7) is -0.523. The number of carbonyl (C=O) groups excluding carboxylic acids is 2. The summed E-state index contributed by atoms with van der Waals surface area (Å²) in [6.07, 6.45) is 1.44. The molecule has 0 aliphatic heterocycles. The van der Waals surface area contributed by atoms with Crippen molar-refractivity contribution in [3.8, 4) is 0 Å². The number of pyridine rings is 1. The number of nitrogens with zero attached hydrogens (tertiary/aromatic N) is 1. The molecule has 1 aromatic carbocycles. The van der Waals surface area contributed by atoms with Crippen LogP contribution in [0.2, 0.25) is 0 Å². The van der Waals surface area contributed by atoms with E-state index in [1.165, 1.54) is 24.4 Å². The number of benzene rings is 1. The van der Waals surface area contributed by atoms with E-state index in [0.29, 0.717) is 4.47 Å². The van der Waals surface area contributed by atoms with Crippen LogP contribution >= 0.6 is 15.9 Å². The van der Waals surface area contributed by atoms with Gasteiger partial charge in [0, 0.05) is 10.7 Å². The number of nitrogens with one attached hydrogen (secondary N) is 1. The molecule has 2 aromatic rings. The smallest absolute Gasteiger partial charge is 0.357 e. The van der Waals surface area contributed by atoms with Gasteiger partial charge in [0.25, 0.3) is 5.91 Å². The highest BCUT2D eigenvalue weighted by Crippen LogP contribution is 2.19. The van der Waals surface area contributed by atoms with Crippen LogP contribution in [0.1, 0.15) is 10.5 Å². The molecule has 108 valence electrons. The molecule has 21 heavy (non-hydrogen) atoms. The van der Waals surface area contributed by atoms with E-state index in [0.717, 1.165) is 0 Å². The van der Waals surface area contributed by atoms with Gasteiger partial charge in [0.15, 0.2) is 6.61 Å². The zero-order valence-corrected chi connectivity index (χ0v) is 12.3. The SMILES string of the molecule is O=C(COC(=O)c1ccccn1)Nc1ccc(Br)cc1F. The van der Waals surface area contributed by atoms with Crippen LogP contribution in [-0.4, -0.2) is 23.5 Å². The van der Waals surface area contributed by atoms with Crippen LogP contribution in [0.15, 0.2) is 47.1 Å². The van der Waals surface area contributed by atoms with Gasteiger partial charge in [-0.05, 0) is 30.3 Å².